The van der Waals surface area contributed by atoms with Crippen LogP contribution in [0.5, 0.6) is 23.0 Å². The Morgan fingerprint density at radius 1 is 0.579 bits per heavy atom. The minimum atomic E-state index is -0.641. The molecule has 0 radical (unpaired) electrons. The van der Waals surface area contributed by atoms with Crippen LogP contribution in [0.25, 0.3) is 44.6 Å². The van der Waals surface area contributed by atoms with Crippen LogP contribution in [0.1, 0.15) is 0 Å². The fourth-order valence-electron chi connectivity index (χ4n) is 3.94. The molecule has 0 aliphatic heterocycles. The van der Waals surface area contributed by atoms with E-state index >= 15 is 0 Å². The van der Waals surface area contributed by atoms with Crippen molar-refractivity contribution < 1.29 is 29.3 Å². The van der Waals surface area contributed by atoms with E-state index in [0.29, 0.717) is 11.3 Å². The monoisotopic (exact) mass is 508 g/mol. The second-order valence-corrected chi connectivity index (χ2v) is 8.28. The molecule has 8 nitrogen and oxygen atoms in total. The number of hydrogen-bond donors (Lipinski definition) is 4. The summed E-state index contributed by atoms with van der Waals surface area (Å²) in [7, 11) is 0. The van der Waals surface area contributed by atoms with Crippen molar-refractivity contribution in [3.63, 3.8) is 0 Å². The van der Waals surface area contributed by atoms with Crippen molar-refractivity contribution >= 4 is 21.9 Å². The fourth-order valence-corrected chi connectivity index (χ4v) is 3.94. The van der Waals surface area contributed by atoms with E-state index in [1.54, 1.807) is 48.5 Å². The minimum Gasteiger partial charge on any atom is -0.507 e. The zero-order chi connectivity index (χ0) is 26.8. The van der Waals surface area contributed by atoms with Crippen LogP contribution in [-0.4, -0.2) is 20.4 Å². The van der Waals surface area contributed by atoms with Gasteiger partial charge in [-0.15, -0.1) is 0 Å². The van der Waals surface area contributed by atoms with E-state index in [2.05, 4.69) is 0 Å². The number of hydrogen-bond acceptors (Lipinski definition) is 8. The molecule has 2 aromatic heterocycles. The molecule has 2 heterocycles. The van der Waals surface area contributed by atoms with Crippen molar-refractivity contribution in [3.8, 4) is 45.6 Å². The molecule has 0 unspecified atom stereocenters. The van der Waals surface area contributed by atoms with Gasteiger partial charge in [0.05, 0.1) is 5.39 Å². The maximum absolute atomic E-state index is 12.1. The first-order valence-electron chi connectivity index (χ1n) is 11.4. The van der Waals surface area contributed by atoms with Crippen molar-refractivity contribution in [1.82, 2.24) is 0 Å². The van der Waals surface area contributed by atoms with Crippen LogP contribution in [0.3, 0.4) is 0 Å². The predicted octanol–water partition coefficient (Wildman–Crippen LogP) is 5.74. The average molecular weight is 508 g/mol. The van der Waals surface area contributed by atoms with Crippen LogP contribution in [0.2, 0.25) is 0 Å². The molecule has 0 spiro atoms. The summed E-state index contributed by atoms with van der Waals surface area (Å²) in [4.78, 5) is 24.1. The van der Waals surface area contributed by atoms with E-state index in [-0.39, 0.29) is 44.6 Å². The zero-order valence-electron chi connectivity index (χ0n) is 19.7. The Morgan fingerprint density at radius 2 is 1.24 bits per heavy atom. The van der Waals surface area contributed by atoms with Gasteiger partial charge in [0.25, 0.3) is 0 Å². The van der Waals surface area contributed by atoms with Crippen LogP contribution in [0.15, 0.2) is 115 Å². The van der Waals surface area contributed by atoms with Gasteiger partial charge in [0.15, 0.2) is 22.5 Å². The molecule has 0 atom stereocenters. The quantitative estimate of drug-likeness (QED) is 0.217. The highest BCUT2D eigenvalue weighted by atomic mass is 16.4. The van der Waals surface area contributed by atoms with Gasteiger partial charge in [-0.25, -0.2) is 0 Å². The topological polar surface area (TPSA) is 141 Å². The molecule has 6 aromatic rings. The smallest absolute Gasteiger partial charge is 0.238 e. The molecule has 0 fully saturated rings. The summed E-state index contributed by atoms with van der Waals surface area (Å²) in [6, 6.07) is 26.5. The standard InChI is InChI=1S/2C15H10O4/c16-10-7-4-8-11-12(10)13(17)14(18)15(19-11)9-5-2-1-3-6-9;16-11-7-6-10-12(17)8-13(19-15(10)14(11)18)9-4-2-1-3-5-9/h2*1-8,16,18H. The molecule has 188 valence electrons. The molecule has 4 N–H and O–H groups in total. The molecule has 0 aliphatic carbocycles. The first-order chi connectivity index (χ1) is 18.3. The second kappa shape index (κ2) is 9.87. The van der Waals surface area contributed by atoms with Crippen LogP contribution >= 0.6 is 0 Å². The highest BCUT2D eigenvalue weighted by Crippen LogP contribution is 2.34. The Bertz CT molecular complexity index is 1890. The number of phenolic OH excluding ortho intramolecular Hbond substituents is 3. The van der Waals surface area contributed by atoms with Gasteiger partial charge in [0.2, 0.25) is 16.9 Å². The van der Waals surface area contributed by atoms with E-state index in [1.807, 2.05) is 24.3 Å². The van der Waals surface area contributed by atoms with Gasteiger partial charge >= 0.3 is 0 Å². The lowest BCUT2D eigenvalue weighted by Gasteiger charge is -2.06. The Hall–Kier alpha value is -5.50. The Labute approximate surface area is 214 Å². The lowest BCUT2D eigenvalue weighted by Crippen LogP contribution is -2.02. The molecule has 8 heteroatoms. The van der Waals surface area contributed by atoms with Gasteiger partial charge in [0, 0.05) is 17.2 Å². The molecule has 0 aliphatic rings. The maximum atomic E-state index is 12.1. The molecule has 0 amide bonds. The highest BCUT2D eigenvalue weighted by molar-refractivity contribution is 5.87. The maximum Gasteiger partial charge on any atom is 0.238 e. The van der Waals surface area contributed by atoms with E-state index in [0.717, 1.165) is 5.56 Å². The third kappa shape index (κ3) is 4.42. The van der Waals surface area contributed by atoms with E-state index in [4.69, 9.17) is 8.83 Å². The molecule has 6 rings (SSSR count). The number of aromatic hydroxyl groups is 4. The van der Waals surface area contributed by atoms with Crippen molar-refractivity contribution in [2.75, 3.05) is 0 Å². The van der Waals surface area contributed by atoms with Gasteiger partial charge in [-0.2, -0.15) is 0 Å². The summed E-state index contributed by atoms with van der Waals surface area (Å²) < 4.78 is 11.1. The summed E-state index contributed by atoms with van der Waals surface area (Å²) in [5, 5.41) is 39.1. The van der Waals surface area contributed by atoms with Crippen LogP contribution in [0, 0.1) is 0 Å². The summed E-state index contributed by atoms with van der Waals surface area (Å²) >= 11 is 0. The van der Waals surface area contributed by atoms with Gasteiger partial charge in [-0.3, -0.25) is 9.59 Å². The molecule has 4 aromatic carbocycles. The predicted molar refractivity (Wildman–Crippen MR) is 142 cm³/mol. The molecule has 38 heavy (non-hydrogen) atoms. The Balaban J connectivity index is 0.000000155. The number of phenols is 3. The van der Waals surface area contributed by atoms with Crippen molar-refractivity contribution in [1.29, 1.82) is 0 Å². The SMILES string of the molecule is O=c1c(O)c(-c2ccccc2)oc2cccc(O)c12.O=c1cc(-c2ccccc2)oc2c(O)c(O)ccc12. The number of fused-ring (bicyclic) bond motifs is 2. The fraction of sp³-hybridized carbons (Fsp3) is 0. The molecule has 0 bridgehead atoms. The Morgan fingerprint density at radius 3 is 1.92 bits per heavy atom. The highest BCUT2D eigenvalue weighted by Gasteiger charge is 2.17. The van der Waals surface area contributed by atoms with Gasteiger partial charge in [0.1, 0.15) is 22.5 Å². The van der Waals surface area contributed by atoms with Gasteiger partial charge in [-0.05, 0) is 24.3 Å². The summed E-state index contributed by atoms with van der Waals surface area (Å²) in [5.41, 5.74) is 0.646. The van der Waals surface area contributed by atoms with Crippen molar-refractivity contribution in [2.24, 2.45) is 0 Å². The van der Waals surface area contributed by atoms with Gasteiger partial charge < -0.3 is 29.3 Å². The van der Waals surface area contributed by atoms with Crippen molar-refractivity contribution in [3.05, 3.63) is 118 Å². The molecular formula is C30H20O8. The minimum absolute atomic E-state index is 0.00801. The molecule has 0 saturated carbocycles. The molecule has 0 saturated heterocycles. The number of benzene rings is 4. The third-order valence-electron chi connectivity index (χ3n) is 5.82. The lowest BCUT2D eigenvalue weighted by atomic mass is 10.1. The second-order valence-electron chi connectivity index (χ2n) is 8.28. The average Bonchev–Trinajstić information content (AvgIpc) is 2.94. The van der Waals surface area contributed by atoms with E-state index in [1.165, 1.54) is 24.3 Å². The summed E-state index contributed by atoms with van der Waals surface area (Å²) in [6.45, 7) is 0. The summed E-state index contributed by atoms with van der Waals surface area (Å²) in [6.07, 6.45) is 0. The zero-order valence-corrected chi connectivity index (χ0v) is 19.7. The largest absolute Gasteiger partial charge is 0.507 e. The Kier molecular flexibility index (Phi) is 6.28. The normalized spacial score (nSPS) is 10.7. The third-order valence-corrected chi connectivity index (χ3v) is 5.82. The van der Waals surface area contributed by atoms with Crippen LogP contribution in [-0.2, 0) is 0 Å². The van der Waals surface area contributed by atoms with E-state index in [9.17, 15) is 30.0 Å². The van der Waals surface area contributed by atoms with Crippen LogP contribution < -0.4 is 10.9 Å². The molecular weight excluding hydrogens is 488 g/mol. The van der Waals surface area contributed by atoms with E-state index < -0.39 is 16.9 Å². The van der Waals surface area contributed by atoms with Crippen LogP contribution in [0.4, 0.5) is 0 Å². The lowest BCUT2D eigenvalue weighted by molar-refractivity contribution is 0.400. The summed E-state index contributed by atoms with van der Waals surface area (Å²) in [5.74, 6) is -1.00. The number of rotatable bonds is 2. The van der Waals surface area contributed by atoms with Gasteiger partial charge in [-0.1, -0.05) is 66.7 Å². The van der Waals surface area contributed by atoms with Crippen molar-refractivity contribution in [2.45, 2.75) is 0 Å². The first kappa shape index (κ1) is 24.2. The first-order valence-corrected chi connectivity index (χ1v) is 11.4.